The molecule has 1 atom stereocenters. The van der Waals surface area contributed by atoms with Crippen molar-refractivity contribution >= 4 is 23.2 Å². The monoisotopic (exact) mass is 712 g/mol. The zero-order chi connectivity index (χ0) is 35.9. The number of carbonyl (C=O) groups is 2. The Labute approximate surface area is 311 Å². The Hall–Kier alpha value is -5.89. The lowest BCUT2D eigenvalue weighted by atomic mass is 9.73. The van der Waals surface area contributed by atoms with E-state index in [0.29, 0.717) is 28.2 Å². The topological polar surface area (TPSA) is 91.1 Å². The maximum Gasteiger partial charge on any atom is 0.340 e. The van der Waals surface area contributed by atoms with E-state index < -0.39 is 11.6 Å². The third-order valence-electron chi connectivity index (χ3n) is 12.9. The van der Waals surface area contributed by atoms with E-state index in [2.05, 4.69) is 21.6 Å². The molecule has 1 spiro atoms. The second-order valence-corrected chi connectivity index (χ2v) is 15.7. The average Bonchev–Trinajstić information content (AvgIpc) is 3.50. The summed E-state index contributed by atoms with van der Waals surface area (Å²) in [6.45, 7) is 4.08. The van der Waals surface area contributed by atoms with E-state index >= 15 is 0 Å². The highest BCUT2D eigenvalue weighted by molar-refractivity contribution is 5.99. The molecule has 54 heavy (non-hydrogen) atoms. The lowest BCUT2D eigenvalue weighted by molar-refractivity contribution is -0.255. The maximum atomic E-state index is 14.0. The van der Waals surface area contributed by atoms with Crippen molar-refractivity contribution in [3.63, 3.8) is 0 Å². The summed E-state index contributed by atoms with van der Waals surface area (Å²) in [5, 5.41) is 15.0. The maximum absolute atomic E-state index is 14.0. The number of aryl methyl sites for hydroxylation is 2. The van der Waals surface area contributed by atoms with E-state index in [1.165, 1.54) is 33.3 Å². The van der Waals surface area contributed by atoms with Gasteiger partial charge in [-0.05, 0) is 73.9 Å². The second kappa shape index (κ2) is 10.8. The van der Waals surface area contributed by atoms with Crippen molar-refractivity contribution in [2.24, 2.45) is 0 Å². The Balaban J connectivity index is 1.20. The van der Waals surface area contributed by atoms with Crippen molar-refractivity contribution < 1.29 is 28.9 Å². The van der Waals surface area contributed by atoms with Gasteiger partial charge in [0, 0.05) is 87.4 Å². The first kappa shape index (κ1) is 30.6. The van der Waals surface area contributed by atoms with Crippen LogP contribution in [0.2, 0.25) is 0 Å². The molecule has 7 aliphatic rings. The largest absolute Gasteiger partial charge is 0.545 e. The summed E-state index contributed by atoms with van der Waals surface area (Å²) in [5.74, 6) is 1.07. The fourth-order valence-electron chi connectivity index (χ4n) is 10.8. The molecule has 0 N–H and O–H groups in total. The van der Waals surface area contributed by atoms with E-state index in [0.717, 1.165) is 117 Å². The molecule has 0 unspecified atom stereocenters. The summed E-state index contributed by atoms with van der Waals surface area (Å²) in [6, 6.07) is 23.2. The molecule has 0 bridgehead atoms. The van der Waals surface area contributed by atoms with Crippen LogP contribution >= 0.6 is 0 Å². The predicted octanol–water partition coefficient (Wildman–Crippen LogP) is 5.05. The molecule has 0 aliphatic carbocycles. The van der Waals surface area contributed by atoms with E-state index in [4.69, 9.17) is 14.2 Å². The molecule has 8 nitrogen and oxygen atoms in total. The van der Waals surface area contributed by atoms with E-state index in [1.54, 1.807) is 12.1 Å². The predicted molar refractivity (Wildman–Crippen MR) is 199 cm³/mol. The van der Waals surface area contributed by atoms with Crippen LogP contribution in [0.1, 0.15) is 96.5 Å². The SMILES string of the molecule is O=C([O-])c1ccccc1C1=c2cc3c4c(c2Oc2cc5c(cc21)[C@@]1(OC(=O)c2ccccc21)c1cc2c6c(c1O5)CCCN6CCC2)CCC[N+]=4CCC3. The normalized spacial score (nSPS) is 20.7. The minimum atomic E-state index is -1.28. The van der Waals surface area contributed by atoms with Crippen molar-refractivity contribution in [2.45, 2.75) is 57.0 Å². The molecule has 12 rings (SSSR count). The molecular weight excluding hydrogens is 677 g/mol. The number of nitrogens with zero attached hydrogens (tertiary/aromatic N) is 2. The number of esters is 1. The van der Waals surface area contributed by atoms with Crippen LogP contribution in [0.3, 0.4) is 0 Å². The Morgan fingerprint density at radius 1 is 0.704 bits per heavy atom. The lowest BCUT2D eigenvalue weighted by Gasteiger charge is -2.43. The van der Waals surface area contributed by atoms with Gasteiger partial charge in [0.2, 0.25) is 5.36 Å². The Bertz CT molecular complexity index is 2730. The molecule has 8 heteroatoms. The zero-order valence-corrected chi connectivity index (χ0v) is 29.8. The first-order chi connectivity index (χ1) is 26.5. The molecule has 7 heterocycles. The van der Waals surface area contributed by atoms with E-state index in [1.807, 2.05) is 48.5 Å². The number of rotatable bonds is 2. The van der Waals surface area contributed by atoms with Crippen LogP contribution < -0.4 is 34.6 Å². The summed E-state index contributed by atoms with van der Waals surface area (Å²) in [6.07, 6.45) is 7.82. The molecule has 0 amide bonds. The lowest BCUT2D eigenvalue weighted by Crippen LogP contribution is -2.45. The summed E-state index contributed by atoms with van der Waals surface area (Å²) in [4.78, 5) is 29.3. The first-order valence-electron chi connectivity index (χ1n) is 19.4. The summed E-state index contributed by atoms with van der Waals surface area (Å²) >= 11 is 0. The summed E-state index contributed by atoms with van der Waals surface area (Å²) < 4.78 is 23.4. The Morgan fingerprint density at radius 3 is 2.31 bits per heavy atom. The number of carboxylic acids is 1. The van der Waals surface area contributed by atoms with Crippen LogP contribution in [0, 0.1) is 0 Å². The highest BCUT2D eigenvalue weighted by Crippen LogP contribution is 2.61. The van der Waals surface area contributed by atoms with E-state index in [-0.39, 0.29) is 11.5 Å². The summed E-state index contributed by atoms with van der Waals surface area (Å²) in [7, 11) is 0. The molecular formula is C46H36N2O6. The summed E-state index contributed by atoms with van der Waals surface area (Å²) in [5.41, 5.74) is 9.90. The number of benzene rings is 5. The molecule has 0 saturated heterocycles. The molecule has 0 radical (unpaired) electrons. The van der Waals surface area contributed by atoms with Crippen molar-refractivity contribution in [3.8, 4) is 23.0 Å². The second-order valence-electron chi connectivity index (χ2n) is 15.7. The van der Waals surface area contributed by atoms with Gasteiger partial charge >= 0.3 is 5.97 Å². The van der Waals surface area contributed by atoms with Crippen LogP contribution in [0.5, 0.6) is 23.0 Å². The number of hydrogen-bond acceptors (Lipinski definition) is 7. The number of carboxylic acid groups (broad SMARTS) is 1. The number of aromatic carboxylic acids is 1. The molecule has 5 aromatic rings. The number of ether oxygens (including phenoxy) is 3. The fraction of sp³-hybridized carbons (Fsp3) is 0.283. The van der Waals surface area contributed by atoms with Crippen LogP contribution in [-0.4, -0.2) is 38.1 Å². The van der Waals surface area contributed by atoms with Gasteiger partial charge in [0.05, 0.1) is 17.1 Å². The quantitative estimate of drug-likeness (QED) is 0.183. The minimum absolute atomic E-state index is 0.112. The minimum Gasteiger partial charge on any atom is -0.545 e. The van der Waals surface area contributed by atoms with Gasteiger partial charge in [0.25, 0.3) is 0 Å². The molecule has 0 fully saturated rings. The van der Waals surface area contributed by atoms with Crippen molar-refractivity contribution in [1.29, 1.82) is 0 Å². The molecule has 0 saturated carbocycles. The van der Waals surface area contributed by atoms with Crippen LogP contribution in [-0.2, 0) is 36.0 Å². The zero-order valence-electron chi connectivity index (χ0n) is 29.8. The Morgan fingerprint density at radius 2 is 1.44 bits per heavy atom. The number of anilines is 1. The van der Waals surface area contributed by atoms with Crippen LogP contribution in [0.25, 0.3) is 5.57 Å². The Kier molecular flexibility index (Phi) is 6.14. The average molecular weight is 713 g/mol. The van der Waals surface area contributed by atoms with Gasteiger partial charge in [-0.2, -0.15) is 0 Å². The van der Waals surface area contributed by atoms with E-state index in [9.17, 15) is 14.7 Å². The fourth-order valence-corrected chi connectivity index (χ4v) is 10.8. The van der Waals surface area contributed by atoms with Crippen LogP contribution in [0.15, 0.2) is 72.8 Å². The van der Waals surface area contributed by atoms with Crippen molar-refractivity contribution in [3.05, 3.63) is 145 Å². The highest BCUT2D eigenvalue weighted by Gasteiger charge is 2.55. The molecule has 5 aromatic carbocycles. The van der Waals surface area contributed by atoms with Gasteiger partial charge in [-0.3, -0.25) is 0 Å². The van der Waals surface area contributed by atoms with Gasteiger partial charge in [-0.1, -0.05) is 42.5 Å². The smallest absolute Gasteiger partial charge is 0.340 e. The first-order valence-corrected chi connectivity index (χ1v) is 19.4. The van der Waals surface area contributed by atoms with Gasteiger partial charge < -0.3 is 29.0 Å². The third-order valence-corrected chi connectivity index (χ3v) is 12.9. The molecule has 7 aliphatic heterocycles. The van der Waals surface area contributed by atoms with Gasteiger partial charge in [-0.25, -0.2) is 9.37 Å². The van der Waals surface area contributed by atoms with Crippen molar-refractivity contribution in [1.82, 2.24) is 4.58 Å². The third kappa shape index (κ3) is 3.90. The number of carbonyl (C=O) groups excluding carboxylic acids is 2. The highest BCUT2D eigenvalue weighted by atomic mass is 16.6. The number of fused-ring (bicyclic) bond motifs is 10. The van der Waals surface area contributed by atoms with Gasteiger partial charge in [0.15, 0.2) is 5.60 Å². The molecule has 266 valence electrons. The van der Waals surface area contributed by atoms with Crippen molar-refractivity contribution in [2.75, 3.05) is 31.1 Å². The van der Waals surface area contributed by atoms with Crippen LogP contribution in [0.4, 0.5) is 5.69 Å². The molecule has 0 aromatic heterocycles. The van der Waals surface area contributed by atoms with Gasteiger partial charge in [-0.15, -0.1) is 0 Å². The standard InChI is InChI=1S/C46H36N2O6/c49-44(50)28-12-2-1-11-27(28)39-32-23-35-38(24-37(32)52-42-30-14-7-19-47-17-5-9-25(40(30)47)21-33(39)42)53-43-31-15-8-20-48-18-6-10-26(41(31)48)22-36(43)46(35)34-16-4-3-13-29(34)45(51)54-46/h1-4,11-13,16,21-24H,5-10,14-15,17-20H2/t46-/m1/s1. The number of hydrogen-bond donors (Lipinski definition) is 0. The van der Waals surface area contributed by atoms with Gasteiger partial charge in [0.1, 0.15) is 36.1 Å².